The summed E-state index contributed by atoms with van der Waals surface area (Å²) in [6.45, 7) is 13.1. The number of hydrogen-bond donors (Lipinski definition) is 2. The van der Waals surface area contributed by atoms with Crippen molar-refractivity contribution in [3.8, 4) is 0 Å². The highest BCUT2D eigenvalue weighted by atomic mass is 19.1. The van der Waals surface area contributed by atoms with E-state index >= 15 is 0 Å². The summed E-state index contributed by atoms with van der Waals surface area (Å²) >= 11 is 0. The average Bonchev–Trinajstić information content (AvgIpc) is 2.75. The van der Waals surface area contributed by atoms with Crippen molar-refractivity contribution in [3.63, 3.8) is 0 Å². The van der Waals surface area contributed by atoms with Crippen LogP contribution in [0.15, 0.2) is 30.5 Å². The van der Waals surface area contributed by atoms with E-state index in [2.05, 4.69) is 89.2 Å². The molecule has 2 saturated heterocycles. The van der Waals surface area contributed by atoms with E-state index in [4.69, 9.17) is 0 Å². The Morgan fingerprint density at radius 3 is 2.33 bits per heavy atom. The molecule has 0 saturated carbocycles. The summed E-state index contributed by atoms with van der Waals surface area (Å²) in [5.74, 6) is 0.214. The third-order valence-corrected chi connectivity index (χ3v) is 7.36. The number of nitrogens with zero attached hydrogens (tertiary/aromatic N) is 5. The lowest BCUT2D eigenvalue weighted by Crippen LogP contribution is -2.61. The van der Waals surface area contributed by atoms with Gasteiger partial charge in [0.1, 0.15) is 0 Å². The third kappa shape index (κ3) is 5.38. The molecule has 0 unspecified atom stereocenters. The first-order valence-corrected chi connectivity index (χ1v) is 11.9. The van der Waals surface area contributed by atoms with Crippen LogP contribution in [0.2, 0.25) is 0 Å². The van der Waals surface area contributed by atoms with Crippen LogP contribution in [-0.4, -0.2) is 77.2 Å². The van der Waals surface area contributed by atoms with Crippen LogP contribution in [0.3, 0.4) is 0 Å². The van der Waals surface area contributed by atoms with E-state index in [1.54, 1.807) is 0 Å². The Morgan fingerprint density at radius 1 is 1.00 bits per heavy atom. The van der Waals surface area contributed by atoms with E-state index in [0.717, 1.165) is 44.7 Å². The number of benzene rings is 1. The molecule has 0 bridgehead atoms. The standard InChI is InChI=1S/C25H38FN7/c1-24(2)15-19(16-25(3,4)32(24)6)28-22-21(26)17-27-23(30-22)29-18-8-7-9-20(14-18)33-12-10-31(5)11-13-33/h7-9,14,17,19H,10-13,15-16H2,1-6H3,(H2,27,28,29,30). The quantitative estimate of drug-likeness (QED) is 0.702. The molecule has 0 atom stereocenters. The van der Waals surface area contributed by atoms with Gasteiger partial charge in [-0.3, -0.25) is 4.90 Å². The summed E-state index contributed by atoms with van der Waals surface area (Å²) in [4.78, 5) is 15.8. The van der Waals surface area contributed by atoms with Crippen LogP contribution in [0.25, 0.3) is 0 Å². The first-order chi connectivity index (χ1) is 15.5. The van der Waals surface area contributed by atoms with Crippen LogP contribution in [0.5, 0.6) is 0 Å². The summed E-state index contributed by atoms with van der Waals surface area (Å²) in [6, 6.07) is 8.37. The fraction of sp³-hybridized carbons (Fsp3) is 0.600. The van der Waals surface area contributed by atoms with Crippen molar-refractivity contribution in [2.24, 2.45) is 0 Å². The number of likely N-dealkylation sites (N-methyl/N-ethyl adjacent to an activating group) is 1. The highest BCUT2D eigenvalue weighted by Crippen LogP contribution is 2.38. The molecule has 2 fully saturated rings. The smallest absolute Gasteiger partial charge is 0.229 e. The molecule has 8 heteroatoms. The lowest BCUT2D eigenvalue weighted by atomic mass is 9.77. The van der Waals surface area contributed by atoms with Crippen molar-refractivity contribution in [3.05, 3.63) is 36.3 Å². The first-order valence-electron chi connectivity index (χ1n) is 11.9. The zero-order valence-corrected chi connectivity index (χ0v) is 20.8. The molecule has 4 rings (SSSR count). The predicted octanol–water partition coefficient (Wildman–Crippen LogP) is 4.17. The van der Waals surface area contributed by atoms with Crippen LogP contribution < -0.4 is 15.5 Å². The normalized spacial score (nSPS) is 21.7. The molecule has 180 valence electrons. The number of halogens is 1. The Morgan fingerprint density at radius 2 is 1.67 bits per heavy atom. The van der Waals surface area contributed by atoms with Gasteiger partial charge >= 0.3 is 0 Å². The van der Waals surface area contributed by atoms with Gasteiger partial charge in [-0.2, -0.15) is 4.98 Å². The first kappa shape index (κ1) is 23.7. The number of anilines is 4. The fourth-order valence-electron chi connectivity index (χ4n) is 5.17. The Kier molecular flexibility index (Phi) is 6.51. The Balaban J connectivity index is 1.47. The van der Waals surface area contributed by atoms with Crippen LogP contribution in [-0.2, 0) is 0 Å². The minimum absolute atomic E-state index is 0.00764. The number of likely N-dealkylation sites (tertiary alicyclic amines) is 1. The molecule has 0 radical (unpaired) electrons. The molecule has 33 heavy (non-hydrogen) atoms. The predicted molar refractivity (Wildman–Crippen MR) is 134 cm³/mol. The molecule has 2 aromatic rings. The molecule has 1 aromatic carbocycles. The maximum Gasteiger partial charge on any atom is 0.229 e. The molecule has 2 aliphatic rings. The zero-order chi connectivity index (χ0) is 23.8. The van der Waals surface area contributed by atoms with Crippen molar-refractivity contribution < 1.29 is 4.39 Å². The molecule has 1 aromatic heterocycles. The Bertz CT molecular complexity index is 951. The van der Waals surface area contributed by atoms with E-state index in [1.807, 2.05) is 12.1 Å². The third-order valence-electron chi connectivity index (χ3n) is 7.36. The van der Waals surface area contributed by atoms with E-state index in [-0.39, 0.29) is 22.9 Å². The zero-order valence-electron chi connectivity index (χ0n) is 20.8. The number of rotatable bonds is 5. The molecule has 0 amide bonds. The number of piperidine rings is 1. The van der Waals surface area contributed by atoms with Crippen molar-refractivity contribution in [2.75, 3.05) is 55.8 Å². The van der Waals surface area contributed by atoms with Gasteiger partial charge < -0.3 is 20.4 Å². The average molecular weight is 456 g/mol. The minimum atomic E-state index is -0.429. The highest BCUT2D eigenvalue weighted by Gasteiger charge is 2.43. The maximum atomic E-state index is 14.6. The second-order valence-electron chi connectivity index (χ2n) is 10.8. The van der Waals surface area contributed by atoms with E-state index in [0.29, 0.717) is 5.95 Å². The van der Waals surface area contributed by atoms with E-state index < -0.39 is 5.82 Å². The van der Waals surface area contributed by atoms with Crippen LogP contribution >= 0.6 is 0 Å². The number of nitrogens with one attached hydrogen (secondary N) is 2. The molecule has 2 aliphatic heterocycles. The second-order valence-corrected chi connectivity index (χ2v) is 10.8. The second kappa shape index (κ2) is 9.06. The largest absolute Gasteiger partial charge is 0.369 e. The Labute approximate surface area is 197 Å². The summed E-state index contributed by atoms with van der Waals surface area (Å²) in [7, 11) is 4.32. The number of piperazine rings is 1. The van der Waals surface area contributed by atoms with Crippen molar-refractivity contribution in [2.45, 2.75) is 57.7 Å². The van der Waals surface area contributed by atoms with Gasteiger partial charge in [0.05, 0.1) is 6.20 Å². The number of hydrogen-bond acceptors (Lipinski definition) is 7. The summed E-state index contributed by atoms with van der Waals surface area (Å²) in [5, 5.41) is 6.63. The summed E-state index contributed by atoms with van der Waals surface area (Å²) in [5.41, 5.74) is 2.08. The summed E-state index contributed by atoms with van der Waals surface area (Å²) < 4.78 is 14.6. The van der Waals surface area contributed by atoms with Crippen LogP contribution in [0.4, 0.5) is 27.5 Å². The molecular formula is C25H38FN7. The van der Waals surface area contributed by atoms with Gasteiger partial charge in [0, 0.05) is 54.7 Å². The maximum absolute atomic E-state index is 14.6. The highest BCUT2D eigenvalue weighted by molar-refractivity contribution is 5.63. The Hall–Kier alpha value is -2.45. The van der Waals surface area contributed by atoms with Gasteiger partial charge in [0.25, 0.3) is 0 Å². The van der Waals surface area contributed by atoms with Gasteiger partial charge in [0.15, 0.2) is 11.6 Å². The molecule has 0 aliphatic carbocycles. The number of aromatic nitrogens is 2. The van der Waals surface area contributed by atoms with Gasteiger partial charge in [-0.05, 0) is 72.8 Å². The van der Waals surface area contributed by atoms with Gasteiger partial charge in [-0.15, -0.1) is 0 Å². The topological polar surface area (TPSA) is 59.6 Å². The molecule has 0 spiro atoms. The molecule has 3 heterocycles. The van der Waals surface area contributed by atoms with E-state index in [9.17, 15) is 4.39 Å². The van der Waals surface area contributed by atoms with Gasteiger partial charge in [-0.25, -0.2) is 9.37 Å². The SMILES string of the molecule is CN1CCN(c2cccc(Nc3ncc(F)c(NC4CC(C)(C)N(C)C(C)(C)C4)n3)c2)CC1. The van der Waals surface area contributed by atoms with Crippen LogP contribution in [0.1, 0.15) is 40.5 Å². The lowest BCUT2D eigenvalue weighted by Gasteiger charge is -2.53. The van der Waals surface area contributed by atoms with Crippen molar-refractivity contribution in [1.82, 2.24) is 19.8 Å². The molecule has 7 nitrogen and oxygen atoms in total. The van der Waals surface area contributed by atoms with Gasteiger partial charge in [-0.1, -0.05) is 6.07 Å². The van der Waals surface area contributed by atoms with Crippen LogP contribution in [0, 0.1) is 5.82 Å². The van der Waals surface area contributed by atoms with Crippen molar-refractivity contribution >= 4 is 23.1 Å². The van der Waals surface area contributed by atoms with E-state index in [1.165, 1.54) is 11.9 Å². The monoisotopic (exact) mass is 455 g/mol. The molecular weight excluding hydrogens is 417 g/mol. The molecule has 2 N–H and O–H groups in total. The van der Waals surface area contributed by atoms with Gasteiger partial charge in [0.2, 0.25) is 5.95 Å². The fourth-order valence-corrected chi connectivity index (χ4v) is 5.17. The summed E-state index contributed by atoms with van der Waals surface area (Å²) in [6.07, 6.45) is 3.06. The minimum Gasteiger partial charge on any atom is -0.369 e. The lowest BCUT2D eigenvalue weighted by molar-refractivity contribution is -0.00778. The van der Waals surface area contributed by atoms with Crippen molar-refractivity contribution in [1.29, 1.82) is 0 Å².